The summed E-state index contributed by atoms with van der Waals surface area (Å²) in [5, 5.41) is 15.2. The first-order chi connectivity index (χ1) is 28.7. The molecule has 0 saturated heterocycles. The molecule has 12 heteroatoms. The van der Waals surface area contributed by atoms with Crippen LogP contribution in [0, 0.1) is 0 Å². The zero-order valence-electron chi connectivity index (χ0n) is 33.5. The van der Waals surface area contributed by atoms with Crippen molar-refractivity contribution in [1.82, 2.24) is 30.9 Å². The molecule has 0 unspecified atom stereocenters. The van der Waals surface area contributed by atoms with Gasteiger partial charge in [0.1, 0.15) is 0 Å². The van der Waals surface area contributed by atoms with Crippen molar-refractivity contribution in [3.8, 4) is 22.8 Å². The highest BCUT2D eigenvalue weighted by Gasteiger charge is 2.10. The number of nitrogens with zero attached hydrogens (tertiary/aromatic N) is 4. The van der Waals surface area contributed by atoms with Gasteiger partial charge in [0.2, 0.25) is 23.4 Å². The van der Waals surface area contributed by atoms with Crippen molar-refractivity contribution in [1.29, 1.82) is 0 Å². The molecule has 0 aliphatic rings. The van der Waals surface area contributed by atoms with Crippen molar-refractivity contribution >= 4 is 8.25 Å². The Morgan fingerprint density at radius 3 is 1.31 bits per heavy atom. The van der Waals surface area contributed by atoms with E-state index in [-0.39, 0.29) is 0 Å². The molecule has 0 spiro atoms. The lowest BCUT2D eigenvalue weighted by Crippen LogP contribution is -2.16. The number of benzene rings is 4. The number of hydrogen-bond acceptors (Lipinski definition) is 11. The minimum Gasteiger partial charge on any atom is -0.339 e. The van der Waals surface area contributed by atoms with E-state index in [2.05, 4.69) is 116 Å². The van der Waals surface area contributed by atoms with Gasteiger partial charge in [-0.05, 0) is 86.7 Å². The fourth-order valence-corrected chi connectivity index (χ4v) is 7.26. The molecular weight excluding hydrogens is 748 g/mol. The van der Waals surface area contributed by atoms with E-state index in [1.165, 1.54) is 11.1 Å². The standard InChI is InChI=1S/C46H57N6O5P/c53-58(54-33-13-31-47-35-39-23-27-41(28-24-39)45-49-43(56-51-45)21-11-3-9-19-37-15-5-1-6-16-37)55-34-14-32-48-36-40-25-29-42(30-26-40)46-50-44(57-52-46)22-12-4-10-20-38-17-7-2-8-18-38/h1-2,5-8,15-18,23-30,47-48,58H,3-4,9-14,19-22,31-36H2. The summed E-state index contributed by atoms with van der Waals surface area (Å²) >= 11 is 0. The van der Waals surface area contributed by atoms with Crippen molar-refractivity contribution in [2.75, 3.05) is 26.3 Å². The third-order valence-corrected chi connectivity index (χ3v) is 10.7. The lowest BCUT2D eigenvalue weighted by atomic mass is 10.1. The molecule has 6 rings (SSSR count). The summed E-state index contributed by atoms with van der Waals surface area (Å²) in [6, 6.07) is 37.6. The largest absolute Gasteiger partial charge is 0.339 e. The first kappa shape index (κ1) is 42.8. The van der Waals surface area contributed by atoms with Crippen LogP contribution < -0.4 is 10.6 Å². The van der Waals surface area contributed by atoms with Crippen LogP contribution in [0.4, 0.5) is 0 Å². The predicted molar refractivity (Wildman–Crippen MR) is 228 cm³/mol. The Balaban J connectivity index is 0.739. The summed E-state index contributed by atoms with van der Waals surface area (Å²) in [6.07, 6.45) is 11.9. The Hall–Kier alpha value is -4.77. The predicted octanol–water partition coefficient (Wildman–Crippen LogP) is 9.78. The minimum absolute atomic E-state index is 0.380. The average Bonchev–Trinajstić information content (AvgIpc) is 3.95. The van der Waals surface area contributed by atoms with Crippen molar-refractivity contribution in [2.24, 2.45) is 0 Å². The van der Waals surface area contributed by atoms with Gasteiger partial charge >= 0.3 is 8.25 Å². The van der Waals surface area contributed by atoms with Crippen molar-refractivity contribution in [3.63, 3.8) is 0 Å². The van der Waals surface area contributed by atoms with E-state index < -0.39 is 8.25 Å². The second-order valence-corrected chi connectivity index (χ2v) is 15.6. The molecule has 11 nitrogen and oxygen atoms in total. The zero-order chi connectivity index (χ0) is 39.9. The quantitative estimate of drug-likeness (QED) is 0.0362. The van der Waals surface area contributed by atoms with Gasteiger partial charge in [0, 0.05) is 37.1 Å². The second-order valence-electron chi connectivity index (χ2n) is 14.5. The molecule has 0 aliphatic heterocycles. The highest BCUT2D eigenvalue weighted by Crippen LogP contribution is 2.24. The number of aromatic nitrogens is 4. The number of unbranched alkanes of at least 4 members (excludes halogenated alkanes) is 4. The SMILES string of the molecule is O=[PH](OCCCNCc1ccc(-c2noc(CCCCCc3ccccc3)n2)cc1)OCCCNCc1ccc(-c2noc(CCCCCc3ccccc3)n2)cc1. The summed E-state index contributed by atoms with van der Waals surface area (Å²) in [5.41, 5.74) is 6.96. The Labute approximate surface area is 343 Å². The lowest BCUT2D eigenvalue weighted by Gasteiger charge is -2.08. The smallest absolute Gasteiger partial charge is 0.319 e. The molecule has 0 aliphatic carbocycles. The van der Waals surface area contributed by atoms with E-state index >= 15 is 0 Å². The van der Waals surface area contributed by atoms with Crippen molar-refractivity contribution in [3.05, 3.63) is 143 Å². The van der Waals surface area contributed by atoms with E-state index in [4.69, 9.17) is 18.1 Å². The highest BCUT2D eigenvalue weighted by molar-refractivity contribution is 7.33. The van der Waals surface area contributed by atoms with Crippen LogP contribution in [-0.2, 0) is 52.4 Å². The number of aryl methyl sites for hydroxylation is 4. The maximum absolute atomic E-state index is 12.2. The maximum Gasteiger partial charge on any atom is 0.319 e. The molecule has 0 fully saturated rings. The normalized spacial score (nSPS) is 11.5. The topological polar surface area (TPSA) is 137 Å². The van der Waals surface area contributed by atoms with Crippen LogP contribution in [0.2, 0.25) is 0 Å². The Morgan fingerprint density at radius 1 is 0.466 bits per heavy atom. The molecule has 0 radical (unpaired) electrons. The van der Waals surface area contributed by atoms with Gasteiger partial charge < -0.3 is 28.7 Å². The van der Waals surface area contributed by atoms with Crippen LogP contribution >= 0.6 is 8.25 Å². The fourth-order valence-electron chi connectivity index (χ4n) is 6.56. The van der Waals surface area contributed by atoms with E-state index in [0.717, 1.165) is 125 Å². The Morgan fingerprint density at radius 2 is 0.879 bits per heavy atom. The maximum atomic E-state index is 12.2. The molecule has 58 heavy (non-hydrogen) atoms. The molecule has 6 aromatic rings. The molecule has 0 atom stereocenters. The average molecular weight is 805 g/mol. The molecule has 2 heterocycles. The van der Waals surface area contributed by atoms with Gasteiger partial charge in [0.05, 0.1) is 13.2 Å². The van der Waals surface area contributed by atoms with Gasteiger partial charge in [0.25, 0.3) is 0 Å². The van der Waals surface area contributed by atoms with Gasteiger partial charge in [-0.2, -0.15) is 9.97 Å². The van der Waals surface area contributed by atoms with Crippen LogP contribution in [0.3, 0.4) is 0 Å². The molecule has 2 aromatic heterocycles. The minimum atomic E-state index is -2.51. The van der Waals surface area contributed by atoms with Crippen molar-refractivity contribution in [2.45, 2.75) is 90.1 Å². The highest BCUT2D eigenvalue weighted by atomic mass is 31.1. The number of hydrogen-bond donors (Lipinski definition) is 2. The van der Waals surface area contributed by atoms with Gasteiger partial charge in [-0.25, -0.2) is 0 Å². The van der Waals surface area contributed by atoms with Gasteiger partial charge in [-0.1, -0.05) is 132 Å². The van der Waals surface area contributed by atoms with Gasteiger partial charge in [-0.15, -0.1) is 0 Å². The Kier molecular flexibility index (Phi) is 18.4. The van der Waals surface area contributed by atoms with Crippen LogP contribution in [0.25, 0.3) is 22.8 Å². The molecular formula is C46H57N6O5P. The summed E-state index contributed by atoms with van der Waals surface area (Å²) in [7, 11) is -2.51. The monoisotopic (exact) mass is 804 g/mol. The summed E-state index contributed by atoms with van der Waals surface area (Å²) < 4.78 is 34.0. The van der Waals surface area contributed by atoms with Crippen LogP contribution in [-0.4, -0.2) is 46.6 Å². The zero-order valence-corrected chi connectivity index (χ0v) is 34.5. The van der Waals surface area contributed by atoms with Crippen LogP contribution in [0.1, 0.15) is 85.4 Å². The number of nitrogens with one attached hydrogen (secondary N) is 2. The summed E-state index contributed by atoms with van der Waals surface area (Å²) in [5.74, 6) is 2.63. The van der Waals surface area contributed by atoms with Gasteiger partial charge in [0.15, 0.2) is 0 Å². The molecule has 2 N–H and O–H groups in total. The van der Waals surface area contributed by atoms with E-state index in [9.17, 15) is 4.57 Å². The number of rotatable bonds is 28. The second kappa shape index (κ2) is 24.9. The van der Waals surface area contributed by atoms with E-state index in [1.54, 1.807) is 0 Å². The summed E-state index contributed by atoms with van der Waals surface area (Å²) in [6.45, 7) is 3.69. The molecule has 0 amide bonds. The third-order valence-electron chi connectivity index (χ3n) is 9.85. The fraction of sp³-hybridized carbons (Fsp3) is 0.391. The van der Waals surface area contributed by atoms with Gasteiger partial charge in [-0.3, -0.25) is 4.57 Å². The van der Waals surface area contributed by atoms with E-state index in [1.807, 2.05) is 24.3 Å². The van der Waals surface area contributed by atoms with Crippen molar-refractivity contribution < 1.29 is 22.7 Å². The molecule has 0 bridgehead atoms. The molecule has 0 saturated carbocycles. The molecule has 4 aromatic carbocycles. The molecule has 306 valence electrons. The first-order valence-corrected chi connectivity index (χ1v) is 22.0. The third kappa shape index (κ3) is 15.5. The summed E-state index contributed by atoms with van der Waals surface area (Å²) in [4.78, 5) is 9.19. The first-order valence-electron chi connectivity index (χ1n) is 20.8. The van der Waals surface area contributed by atoms with Crippen LogP contribution in [0.5, 0.6) is 0 Å². The van der Waals surface area contributed by atoms with Crippen LogP contribution in [0.15, 0.2) is 118 Å². The Bertz CT molecular complexity index is 1880. The van der Waals surface area contributed by atoms with E-state index in [0.29, 0.717) is 36.6 Å². The lowest BCUT2D eigenvalue weighted by molar-refractivity contribution is 0.220.